The Labute approximate surface area is 317 Å². The van der Waals surface area contributed by atoms with Gasteiger partial charge < -0.3 is 23.8 Å². The average molecular weight is 741 g/mol. The molecule has 0 bridgehead atoms. The van der Waals surface area contributed by atoms with E-state index in [2.05, 4.69) is 58.1 Å². The number of rotatable bonds is 15. The molecule has 52 heavy (non-hydrogen) atoms. The molecule has 8 nitrogen and oxygen atoms in total. The molecule has 0 atom stereocenters. The lowest BCUT2D eigenvalue weighted by Gasteiger charge is -2.37. The quantitative estimate of drug-likeness (QED) is 0.0780. The summed E-state index contributed by atoms with van der Waals surface area (Å²) in [6.45, 7) is 7.28. The molecule has 4 aromatic carbocycles. The molecule has 2 heterocycles. The van der Waals surface area contributed by atoms with Crippen LogP contribution in [0.1, 0.15) is 27.8 Å². The minimum Gasteiger partial charge on any atom is -0.493 e. The van der Waals surface area contributed by atoms with Gasteiger partial charge in [0, 0.05) is 73.1 Å². The molecule has 0 unspecified atom stereocenters. The Balaban J connectivity index is 0.00000523. The predicted octanol–water partition coefficient (Wildman–Crippen LogP) is 8.82. The van der Waals surface area contributed by atoms with Gasteiger partial charge in [-0.25, -0.2) is 4.98 Å². The molecule has 0 amide bonds. The molecule has 1 aromatic heterocycles. The number of nitrogens with zero attached hydrogens (tertiary/aromatic N) is 3. The zero-order chi connectivity index (χ0) is 35.4. The normalized spacial score (nSPS) is 13.2. The van der Waals surface area contributed by atoms with Crippen molar-refractivity contribution < 1.29 is 23.7 Å². The van der Waals surface area contributed by atoms with Crippen LogP contribution in [0.25, 0.3) is 5.70 Å². The minimum absolute atomic E-state index is 0. The summed E-state index contributed by atoms with van der Waals surface area (Å²) in [5, 5.41) is 0.656. The molecule has 0 aliphatic carbocycles. The lowest BCUT2D eigenvalue weighted by molar-refractivity contribution is -0.104. The van der Waals surface area contributed by atoms with Gasteiger partial charge in [0.05, 0.1) is 19.9 Å². The second-order valence-corrected chi connectivity index (χ2v) is 12.8. The van der Waals surface area contributed by atoms with E-state index >= 15 is 0 Å². The van der Waals surface area contributed by atoms with E-state index in [1.807, 2.05) is 54.6 Å². The van der Waals surface area contributed by atoms with E-state index < -0.39 is 0 Å². The Hall–Kier alpha value is -5.02. The molecule has 1 fully saturated rings. The first kappa shape index (κ1) is 38.2. The van der Waals surface area contributed by atoms with E-state index in [1.165, 1.54) is 16.7 Å². The largest absolute Gasteiger partial charge is 0.493 e. The molecule has 0 saturated carbocycles. The van der Waals surface area contributed by atoms with E-state index in [0.717, 1.165) is 68.0 Å². The van der Waals surface area contributed by atoms with Crippen molar-refractivity contribution in [2.45, 2.75) is 26.5 Å². The van der Waals surface area contributed by atoms with Crippen molar-refractivity contribution in [1.29, 1.82) is 0 Å². The number of hydrogen-bond acceptors (Lipinski definition) is 8. The number of ether oxygens (including phenoxy) is 4. The minimum atomic E-state index is 0. The smallest absolute Gasteiger partial charge is 0.219 e. The Kier molecular flexibility index (Phi) is 14.0. The average Bonchev–Trinajstić information content (AvgIpc) is 3.15. The summed E-state index contributed by atoms with van der Waals surface area (Å²) in [5.74, 6) is 2.96. The summed E-state index contributed by atoms with van der Waals surface area (Å²) in [4.78, 5) is 20.8. The maximum Gasteiger partial charge on any atom is 0.219 e. The van der Waals surface area contributed by atoms with Gasteiger partial charge in [-0.1, -0.05) is 66.2 Å². The summed E-state index contributed by atoms with van der Waals surface area (Å²) < 4.78 is 23.5. The summed E-state index contributed by atoms with van der Waals surface area (Å²) in [7, 11) is 1.60. The first-order valence-electron chi connectivity index (χ1n) is 17.1. The molecule has 0 spiro atoms. The summed E-state index contributed by atoms with van der Waals surface area (Å²) in [6.07, 6.45) is 4.93. The third-order valence-corrected chi connectivity index (χ3v) is 9.12. The number of benzene rings is 4. The van der Waals surface area contributed by atoms with Gasteiger partial charge in [-0.2, -0.15) is 0 Å². The SMILES string of the molecule is COc1cc(/C(=C\C=O)N2CCN(Cc3ccc(CCOc4cccc(C)c4)cc3)CC2)ccc1Oc1ccc(OCc2ccccc2Cl)cn1.Cl. The fourth-order valence-corrected chi connectivity index (χ4v) is 6.16. The molecule has 270 valence electrons. The third kappa shape index (κ3) is 10.5. The lowest BCUT2D eigenvalue weighted by atomic mass is 10.1. The van der Waals surface area contributed by atoms with Gasteiger partial charge in [-0.05, 0) is 66.1 Å². The number of methoxy groups -OCH3 is 1. The van der Waals surface area contributed by atoms with E-state index in [-0.39, 0.29) is 12.4 Å². The Bertz CT molecular complexity index is 1930. The highest BCUT2D eigenvalue weighted by Crippen LogP contribution is 2.35. The van der Waals surface area contributed by atoms with Crippen molar-refractivity contribution in [3.8, 4) is 28.9 Å². The topological polar surface area (TPSA) is 73.4 Å². The van der Waals surface area contributed by atoms with E-state index in [1.54, 1.807) is 31.5 Å². The van der Waals surface area contributed by atoms with Crippen LogP contribution in [0.2, 0.25) is 5.02 Å². The van der Waals surface area contributed by atoms with Gasteiger partial charge in [0.25, 0.3) is 0 Å². The number of aldehydes is 1. The standard InChI is InChI=1S/C42H42ClN3O5.ClH/c1-31-6-5-8-36(26-31)49-25-19-32-10-12-33(13-11-32)29-45-20-22-46(23-21-45)39(18-24-47)34-14-16-40(41(27-34)48-2)51-42-17-15-37(28-44-42)50-30-35-7-3-4-9-38(35)43;/h3-18,24,26-28H,19-23,25,29-30H2,1-2H3;1H/b39-18+;. The monoisotopic (exact) mass is 739 g/mol. The predicted molar refractivity (Wildman–Crippen MR) is 208 cm³/mol. The van der Waals surface area contributed by atoms with Crippen molar-refractivity contribution in [2.24, 2.45) is 0 Å². The zero-order valence-corrected chi connectivity index (χ0v) is 30.9. The van der Waals surface area contributed by atoms with Crippen molar-refractivity contribution in [2.75, 3.05) is 39.9 Å². The lowest BCUT2D eigenvalue weighted by Crippen LogP contribution is -2.44. The molecule has 10 heteroatoms. The number of allylic oxidation sites excluding steroid dienone is 1. The second-order valence-electron chi connectivity index (χ2n) is 12.4. The van der Waals surface area contributed by atoms with Gasteiger partial charge in [-0.3, -0.25) is 9.69 Å². The van der Waals surface area contributed by atoms with Gasteiger partial charge >= 0.3 is 0 Å². The highest BCUT2D eigenvalue weighted by Gasteiger charge is 2.21. The number of piperazine rings is 1. The maximum atomic E-state index is 11.7. The first-order valence-corrected chi connectivity index (χ1v) is 17.4. The molecule has 5 aromatic rings. The van der Waals surface area contributed by atoms with Crippen LogP contribution in [0.4, 0.5) is 0 Å². The second kappa shape index (κ2) is 19.0. The van der Waals surface area contributed by atoms with Crippen LogP contribution in [0.15, 0.2) is 115 Å². The number of carbonyl (C=O) groups excluding carboxylic acids is 1. The number of aromatic nitrogens is 1. The van der Waals surface area contributed by atoms with E-state index in [0.29, 0.717) is 41.4 Å². The zero-order valence-electron chi connectivity index (χ0n) is 29.4. The summed E-state index contributed by atoms with van der Waals surface area (Å²) in [5.41, 5.74) is 6.36. The fraction of sp³-hybridized carbons (Fsp3) is 0.238. The van der Waals surface area contributed by atoms with Crippen molar-refractivity contribution in [3.63, 3.8) is 0 Å². The Morgan fingerprint density at radius 2 is 1.62 bits per heavy atom. The summed E-state index contributed by atoms with van der Waals surface area (Å²) in [6, 6.07) is 33.7. The van der Waals surface area contributed by atoms with E-state index in [4.69, 9.17) is 30.5 Å². The van der Waals surface area contributed by atoms with Crippen LogP contribution in [0.5, 0.6) is 28.9 Å². The molecule has 1 aliphatic heterocycles. The summed E-state index contributed by atoms with van der Waals surface area (Å²) >= 11 is 6.23. The van der Waals surface area contributed by atoms with Crippen molar-refractivity contribution >= 4 is 36.0 Å². The van der Waals surface area contributed by atoms with Crippen LogP contribution >= 0.6 is 24.0 Å². The van der Waals surface area contributed by atoms with Crippen molar-refractivity contribution in [3.05, 3.63) is 148 Å². The number of pyridine rings is 1. The molecule has 0 radical (unpaired) electrons. The van der Waals surface area contributed by atoms with Crippen LogP contribution in [0, 0.1) is 6.92 Å². The first-order chi connectivity index (χ1) is 25.0. The van der Waals surface area contributed by atoms with Crippen LogP contribution < -0.4 is 18.9 Å². The van der Waals surface area contributed by atoms with Crippen LogP contribution in [-0.2, 0) is 24.4 Å². The van der Waals surface area contributed by atoms with Gasteiger partial charge in [0.2, 0.25) is 5.88 Å². The highest BCUT2D eigenvalue weighted by atomic mass is 35.5. The van der Waals surface area contributed by atoms with E-state index in [9.17, 15) is 4.79 Å². The number of aryl methyl sites for hydroxylation is 1. The van der Waals surface area contributed by atoms with Gasteiger partial charge in [0.15, 0.2) is 11.5 Å². The Morgan fingerprint density at radius 3 is 2.33 bits per heavy atom. The number of carbonyl (C=O) groups is 1. The molecule has 1 saturated heterocycles. The van der Waals surface area contributed by atoms with Gasteiger partial charge in [-0.15, -0.1) is 12.4 Å². The van der Waals surface area contributed by atoms with Gasteiger partial charge in [0.1, 0.15) is 24.4 Å². The van der Waals surface area contributed by atoms with Crippen LogP contribution in [-0.4, -0.2) is 61.0 Å². The highest BCUT2D eigenvalue weighted by molar-refractivity contribution is 6.31. The number of hydrogen-bond donors (Lipinski definition) is 0. The Morgan fingerprint density at radius 1 is 0.827 bits per heavy atom. The molecular formula is C42H43Cl2N3O5. The van der Waals surface area contributed by atoms with Crippen molar-refractivity contribution in [1.82, 2.24) is 14.8 Å². The molecule has 0 N–H and O–H groups in total. The fourth-order valence-electron chi connectivity index (χ4n) is 5.97. The molecule has 1 aliphatic rings. The number of halogens is 2. The maximum absolute atomic E-state index is 11.7. The molecule has 6 rings (SSSR count). The third-order valence-electron chi connectivity index (χ3n) is 8.75. The molecular weight excluding hydrogens is 697 g/mol. The van der Waals surface area contributed by atoms with Crippen LogP contribution in [0.3, 0.4) is 0 Å².